The van der Waals surface area contributed by atoms with Crippen molar-refractivity contribution in [2.45, 2.75) is 25.7 Å². The van der Waals surface area contributed by atoms with E-state index in [0.717, 1.165) is 42.9 Å². The van der Waals surface area contributed by atoms with Gasteiger partial charge in [0.1, 0.15) is 5.69 Å². The lowest BCUT2D eigenvalue weighted by Gasteiger charge is -2.22. The van der Waals surface area contributed by atoms with Crippen LogP contribution in [0.15, 0.2) is 42.5 Å². The summed E-state index contributed by atoms with van der Waals surface area (Å²) in [6.45, 7) is 3.99. The van der Waals surface area contributed by atoms with Gasteiger partial charge in [0.25, 0.3) is 5.91 Å². The number of piperidine rings is 1. The van der Waals surface area contributed by atoms with E-state index in [1.807, 2.05) is 43.3 Å². The molecule has 1 amide bonds. The van der Waals surface area contributed by atoms with Crippen LogP contribution in [-0.4, -0.2) is 24.0 Å². The van der Waals surface area contributed by atoms with Crippen LogP contribution in [0.5, 0.6) is 0 Å². The molecule has 1 aliphatic rings. The van der Waals surface area contributed by atoms with Crippen LogP contribution in [0, 0.1) is 6.92 Å². The highest BCUT2D eigenvalue weighted by Crippen LogP contribution is 2.22. The minimum absolute atomic E-state index is 0.153. The first-order valence-electron chi connectivity index (χ1n) is 7.78. The normalized spacial score (nSPS) is 18.0. The number of hydrogen-bond donors (Lipinski definition) is 2. The van der Waals surface area contributed by atoms with Crippen molar-refractivity contribution in [2.24, 2.45) is 0 Å². The Labute approximate surface area is 131 Å². The molecule has 4 heteroatoms. The number of para-hydroxylation sites is 1. The Bertz CT molecular complexity index is 663. The van der Waals surface area contributed by atoms with Gasteiger partial charge in [-0.2, -0.15) is 0 Å². The van der Waals surface area contributed by atoms with E-state index in [2.05, 4.69) is 15.6 Å². The molecule has 0 bridgehead atoms. The lowest BCUT2D eigenvalue weighted by molar-refractivity contribution is 0.102. The smallest absolute Gasteiger partial charge is 0.274 e. The van der Waals surface area contributed by atoms with Crippen LogP contribution in [0.1, 0.15) is 40.5 Å². The van der Waals surface area contributed by atoms with Gasteiger partial charge in [-0.25, -0.2) is 4.98 Å². The summed E-state index contributed by atoms with van der Waals surface area (Å²) in [6.07, 6.45) is 2.29. The number of anilines is 1. The number of pyridine rings is 1. The molecule has 2 N–H and O–H groups in total. The summed E-state index contributed by atoms with van der Waals surface area (Å²) in [6, 6.07) is 13.5. The molecule has 1 aromatic carbocycles. The number of rotatable bonds is 3. The number of carbonyl (C=O) groups excluding carboxylic acids is 1. The highest BCUT2D eigenvalue weighted by atomic mass is 16.1. The Kier molecular flexibility index (Phi) is 4.49. The first kappa shape index (κ1) is 14.7. The molecule has 1 saturated heterocycles. The zero-order valence-corrected chi connectivity index (χ0v) is 12.8. The third-order valence-corrected chi connectivity index (χ3v) is 4.11. The van der Waals surface area contributed by atoms with Gasteiger partial charge in [0.05, 0.1) is 0 Å². The van der Waals surface area contributed by atoms with Gasteiger partial charge in [-0.15, -0.1) is 0 Å². The quantitative estimate of drug-likeness (QED) is 0.915. The largest absolute Gasteiger partial charge is 0.320 e. The topological polar surface area (TPSA) is 54.0 Å². The summed E-state index contributed by atoms with van der Waals surface area (Å²) in [5.41, 5.74) is 3.36. The minimum atomic E-state index is -0.153. The zero-order valence-electron chi connectivity index (χ0n) is 12.8. The van der Waals surface area contributed by atoms with E-state index in [1.54, 1.807) is 6.07 Å². The molecule has 22 heavy (non-hydrogen) atoms. The van der Waals surface area contributed by atoms with Crippen LogP contribution in [0.3, 0.4) is 0 Å². The van der Waals surface area contributed by atoms with Crippen LogP contribution in [0.2, 0.25) is 0 Å². The Morgan fingerprint density at radius 1 is 1.23 bits per heavy atom. The SMILES string of the molecule is Cc1ccccc1NC(=O)c1cccc([C@H]2CCCNC2)n1. The summed E-state index contributed by atoms with van der Waals surface area (Å²) in [4.78, 5) is 17.0. The summed E-state index contributed by atoms with van der Waals surface area (Å²) < 4.78 is 0. The maximum atomic E-state index is 12.4. The molecule has 2 aromatic rings. The molecular weight excluding hydrogens is 274 g/mol. The number of nitrogens with zero attached hydrogens (tertiary/aromatic N) is 1. The standard InChI is InChI=1S/C18H21N3O/c1-13-6-2-3-8-15(13)21-18(22)17-10-4-9-16(20-17)14-7-5-11-19-12-14/h2-4,6,8-10,14,19H,5,7,11-12H2,1H3,(H,21,22)/t14-/m0/s1. The second kappa shape index (κ2) is 6.71. The Morgan fingerprint density at radius 2 is 2.09 bits per heavy atom. The monoisotopic (exact) mass is 295 g/mol. The predicted molar refractivity (Wildman–Crippen MR) is 88.2 cm³/mol. The van der Waals surface area contributed by atoms with Gasteiger partial charge < -0.3 is 10.6 Å². The lowest BCUT2D eigenvalue weighted by atomic mass is 9.95. The van der Waals surface area contributed by atoms with Gasteiger partial charge >= 0.3 is 0 Å². The number of amides is 1. The first-order chi connectivity index (χ1) is 10.7. The number of aromatic nitrogens is 1. The molecule has 1 atom stereocenters. The number of carbonyl (C=O) groups is 1. The third kappa shape index (κ3) is 3.34. The van der Waals surface area contributed by atoms with Gasteiger partial charge in [-0.05, 0) is 50.1 Å². The Hall–Kier alpha value is -2.20. The lowest BCUT2D eigenvalue weighted by Crippen LogP contribution is -2.29. The maximum absolute atomic E-state index is 12.4. The van der Waals surface area contributed by atoms with E-state index in [4.69, 9.17) is 0 Å². The van der Waals surface area contributed by atoms with Crippen LogP contribution in [-0.2, 0) is 0 Å². The fraction of sp³-hybridized carbons (Fsp3) is 0.333. The van der Waals surface area contributed by atoms with Crippen molar-refractivity contribution < 1.29 is 4.79 Å². The maximum Gasteiger partial charge on any atom is 0.274 e. The first-order valence-corrected chi connectivity index (χ1v) is 7.78. The van der Waals surface area contributed by atoms with Crippen molar-refractivity contribution >= 4 is 11.6 Å². The third-order valence-electron chi connectivity index (χ3n) is 4.11. The van der Waals surface area contributed by atoms with Crippen LogP contribution >= 0.6 is 0 Å². The molecule has 1 fully saturated rings. The average molecular weight is 295 g/mol. The summed E-state index contributed by atoms with van der Waals surface area (Å²) in [5.74, 6) is 0.250. The van der Waals surface area contributed by atoms with E-state index in [0.29, 0.717) is 11.6 Å². The van der Waals surface area contributed by atoms with E-state index in [9.17, 15) is 4.79 Å². The molecule has 0 saturated carbocycles. The molecule has 3 rings (SSSR count). The number of nitrogens with one attached hydrogen (secondary N) is 2. The molecule has 0 aliphatic carbocycles. The fourth-order valence-corrected chi connectivity index (χ4v) is 2.81. The van der Waals surface area contributed by atoms with Crippen molar-refractivity contribution in [3.63, 3.8) is 0 Å². The van der Waals surface area contributed by atoms with Gasteiger partial charge in [0.15, 0.2) is 0 Å². The molecule has 2 heterocycles. The molecule has 114 valence electrons. The Balaban J connectivity index is 1.76. The highest BCUT2D eigenvalue weighted by Gasteiger charge is 2.18. The van der Waals surface area contributed by atoms with Gasteiger partial charge in [0, 0.05) is 23.8 Å². The molecule has 4 nitrogen and oxygen atoms in total. The highest BCUT2D eigenvalue weighted by molar-refractivity contribution is 6.03. The fourth-order valence-electron chi connectivity index (χ4n) is 2.81. The van der Waals surface area contributed by atoms with Crippen molar-refractivity contribution in [1.29, 1.82) is 0 Å². The Morgan fingerprint density at radius 3 is 2.86 bits per heavy atom. The van der Waals surface area contributed by atoms with Crippen LogP contribution < -0.4 is 10.6 Å². The summed E-state index contributed by atoms with van der Waals surface area (Å²) in [7, 11) is 0. The molecule has 0 radical (unpaired) electrons. The number of aryl methyl sites for hydroxylation is 1. The zero-order chi connectivity index (χ0) is 15.4. The van der Waals surface area contributed by atoms with Gasteiger partial charge in [0.2, 0.25) is 0 Å². The summed E-state index contributed by atoms with van der Waals surface area (Å²) in [5, 5.41) is 6.33. The molecule has 0 unspecified atom stereocenters. The van der Waals surface area contributed by atoms with Gasteiger partial charge in [-0.1, -0.05) is 24.3 Å². The average Bonchev–Trinajstić information content (AvgIpc) is 2.58. The van der Waals surface area contributed by atoms with Crippen molar-refractivity contribution in [3.05, 3.63) is 59.4 Å². The minimum Gasteiger partial charge on any atom is -0.320 e. The van der Waals surface area contributed by atoms with E-state index in [1.165, 1.54) is 0 Å². The second-order valence-electron chi connectivity index (χ2n) is 5.76. The van der Waals surface area contributed by atoms with E-state index < -0.39 is 0 Å². The summed E-state index contributed by atoms with van der Waals surface area (Å²) >= 11 is 0. The predicted octanol–water partition coefficient (Wildman–Crippen LogP) is 3.11. The van der Waals surface area contributed by atoms with Crippen LogP contribution in [0.25, 0.3) is 0 Å². The van der Waals surface area contributed by atoms with Gasteiger partial charge in [-0.3, -0.25) is 4.79 Å². The van der Waals surface area contributed by atoms with E-state index >= 15 is 0 Å². The van der Waals surface area contributed by atoms with E-state index in [-0.39, 0.29) is 5.91 Å². The molecular formula is C18H21N3O. The second-order valence-corrected chi connectivity index (χ2v) is 5.76. The number of benzene rings is 1. The van der Waals surface area contributed by atoms with Crippen molar-refractivity contribution in [2.75, 3.05) is 18.4 Å². The van der Waals surface area contributed by atoms with Crippen LogP contribution in [0.4, 0.5) is 5.69 Å². The molecule has 0 spiro atoms. The molecule has 1 aliphatic heterocycles. The van der Waals surface area contributed by atoms with Crippen molar-refractivity contribution in [3.8, 4) is 0 Å². The molecule has 1 aromatic heterocycles. The van der Waals surface area contributed by atoms with Crippen molar-refractivity contribution in [1.82, 2.24) is 10.3 Å². The number of hydrogen-bond acceptors (Lipinski definition) is 3.